The molecule has 1 atom stereocenters. The van der Waals surface area contributed by atoms with Crippen LogP contribution in [-0.4, -0.2) is 28.5 Å². The fourth-order valence-electron chi connectivity index (χ4n) is 3.14. The highest BCUT2D eigenvalue weighted by Gasteiger charge is 2.16. The van der Waals surface area contributed by atoms with Crippen LogP contribution in [0.15, 0.2) is 54.7 Å². The number of H-pyrrole nitrogens is 1. The van der Waals surface area contributed by atoms with Crippen molar-refractivity contribution in [3.8, 4) is 11.3 Å². The highest BCUT2D eigenvalue weighted by molar-refractivity contribution is 5.63. The molecule has 0 fully saturated rings. The third-order valence-corrected chi connectivity index (χ3v) is 4.72. The molecule has 3 N–H and O–H groups in total. The molecule has 0 aliphatic heterocycles. The van der Waals surface area contributed by atoms with Gasteiger partial charge in [0.1, 0.15) is 19.6 Å². The van der Waals surface area contributed by atoms with Crippen molar-refractivity contribution in [1.82, 2.24) is 10.2 Å². The fraction of sp³-hybridized carbons (Fsp3) is 0.286. The lowest BCUT2D eigenvalue weighted by atomic mass is 10.0. The van der Waals surface area contributed by atoms with Crippen molar-refractivity contribution in [2.75, 3.05) is 13.2 Å². The molecule has 0 saturated heterocycles. The van der Waals surface area contributed by atoms with Gasteiger partial charge in [0.25, 0.3) is 0 Å². The van der Waals surface area contributed by atoms with Gasteiger partial charge in [-0.3, -0.25) is 5.10 Å². The summed E-state index contributed by atoms with van der Waals surface area (Å²) in [6, 6.07) is 16.9. The monoisotopic (exact) mass is 336 g/mol. The van der Waals surface area contributed by atoms with Gasteiger partial charge in [0.05, 0.1) is 24.1 Å². The first-order valence-corrected chi connectivity index (χ1v) is 8.75. The van der Waals surface area contributed by atoms with E-state index in [0.717, 1.165) is 18.8 Å². The van der Waals surface area contributed by atoms with Gasteiger partial charge in [-0.15, -0.1) is 0 Å². The van der Waals surface area contributed by atoms with E-state index in [9.17, 15) is 5.11 Å². The summed E-state index contributed by atoms with van der Waals surface area (Å²) in [6.07, 6.45) is 1.91. The van der Waals surface area contributed by atoms with Crippen molar-refractivity contribution >= 4 is 0 Å². The van der Waals surface area contributed by atoms with Gasteiger partial charge < -0.3 is 10.0 Å². The van der Waals surface area contributed by atoms with Gasteiger partial charge in [-0.05, 0) is 31.0 Å². The number of aromatic amines is 1. The van der Waals surface area contributed by atoms with Crippen molar-refractivity contribution in [2.45, 2.75) is 26.9 Å². The topological polar surface area (TPSA) is 53.3 Å². The zero-order chi connectivity index (χ0) is 17.6. The van der Waals surface area contributed by atoms with E-state index in [0.29, 0.717) is 6.54 Å². The molecule has 0 amide bonds. The smallest absolute Gasteiger partial charge is 0.107 e. The first kappa shape index (κ1) is 17.4. The third-order valence-electron chi connectivity index (χ3n) is 4.72. The standard InChI is InChI=1S/C21H25N3O/c1-16-8-9-19(12-17(16)2)21-20(13-22-23-21)15-24(10-11-25)14-18-6-4-3-5-7-18/h3-9,12-13,25H,10-11,14-15H2,1-2H3,(H,22,23)/p+1. The number of aromatic nitrogens is 2. The van der Waals surface area contributed by atoms with Crippen molar-refractivity contribution < 1.29 is 10.0 Å². The maximum Gasteiger partial charge on any atom is 0.107 e. The normalized spacial score (nSPS) is 12.3. The van der Waals surface area contributed by atoms with Crippen LogP contribution in [0.4, 0.5) is 0 Å². The number of nitrogens with one attached hydrogen (secondary N) is 2. The third kappa shape index (κ3) is 4.35. The molecule has 0 radical (unpaired) electrons. The summed E-state index contributed by atoms with van der Waals surface area (Å²) in [5, 5.41) is 16.9. The van der Waals surface area contributed by atoms with Crippen molar-refractivity contribution in [3.63, 3.8) is 0 Å². The molecule has 2 aromatic carbocycles. The van der Waals surface area contributed by atoms with Crippen LogP contribution in [0.25, 0.3) is 11.3 Å². The van der Waals surface area contributed by atoms with Crippen molar-refractivity contribution in [2.24, 2.45) is 0 Å². The Morgan fingerprint density at radius 2 is 1.80 bits per heavy atom. The average molecular weight is 336 g/mol. The minimum absolute atomic E-state index is 0.180. The van der Waals surface area contributed by atoms with Gasteiger partial charge in [-0.1, -0.05) is 42.5 Å². The Bertz CT molecular complexity index is 811. The van der Waals surface area contributed by atoms with E-state index in [1.165, 1.54) is 32.7 Å². The van der Waals surface area contributed by atoms with E-state index in [2.05, 4.69) is 66.5 Å². The molecule has 1 heterocycles. The molecule has 130 valence electrons. The maximum absolute atomic E-state index is 9.45. The largest absolute Gasteiger partial charge is 0.391 e. The van der Waals surface area contributed by atoms with Crippen LogP contribution in [0.3, 0.4) is 0 Å². The number of quaternary nitrogens is 1. The van der Waals surface area contributed by atoms with E-state index in [1.807, 2.05) is 12.3 Å². The SMILES string of the molecule is Cc1ccc(-c2[nH]ncc2C[NH+](CCO)Cc2ccccc2)cc1C. The summed E-state index contributed by atoms with van der Waals surface area (Å²) in [5.41, 5.74) is 7.28. The number of aliphatic hydroxyl groups is 1. The molecule has 0 bridgehead atoms. The van der Waals surface area contributed by atoms with Gasteiger partial charge in [0.2, 0.25) is 0 Å². The molecule has 25 heavy (non-hydrogen) atoms. The Balaban J connectivity index is 1.81. The van der Waals surface area contributed by atoms with E-state index in [-0.39, 0.29) is 6.61 Å². The second-order valence-corrected chi connectivity index (χ2v) is 6.63. The molecule has 1 unspecified atom stereocenters. The summed E-state index contributed by atoms with van der Waals surface area (Å²) in [5.74, 6) is 0. The average Bonchev–Trinajstić information content (AvgIpc) is 3.06. The Kier molecular flexibility index (Phi) is 5.64. The predicted octanol–water partition coefficient (Wildman–Crippen LogP) is 2.27. The van der Waals surface area contributed by atoms with E-state index in [4.69, 9.17) is 0 Å². The number of nitrogens with zero attached hydrogens (tertiary/aromatic N) is 1. The molecule has 0 saturated carbocycles. The lowest BCUT2D eigenvalue weighted by molar-refractivity contribution is -0.927. The molecule has 0 aliphatic rings. The molecule has 3 aromatic rings. The first-order chi connectivity index (χ1) is 12.2. The van der Waals surface area contributed by atoms with E-state index >= 15 is 0 Å². The molecule has 3 rings (SSSR count). The number of aryl methyl sites for hydroxylation is 2. The number of hydrogen-bond donors (Lipinski definition) is 3. The maximum atomic E-state index is 9.45. The molecular formula is C21H26N3O+. The molecule has 1 aromatic heterocycles. The second kappa shape index (κ2) is 8.10. The Morgan fingerprint density at radius 3 is 2.52 bits per heavy atom. The molecule has 0 spiro atoms. The highest BCUT2D eigenvalue weighted by Crippen LogP contribution is 2.23. The zero-order valence-corrected chi connectivity index (χ0v) is 14.9. The van der Waals surface area contributed by atoms with Crippen LogP contribution in [0.2, 0.25) is 0 Å². The minimum Gasteiger partial charge on any atom is -0.391 e. The van der Waals surface area contributed by atoms with Crippen molar-refractivity contribution in [1.29, 1.82) is 0 Å². The summed E-state index contributed by atoms with van der Waals surface area (Å²) in [7, 11) is 0. The Morgan fingerprint density at radius 1 is 1.00 bits per heavy atom. The van der Waals surface area contributed by atoms with Gasteiger partial charge in [0, 0.05) is 11.1 Å². The van der Waals surface area contributed by atoms with Gasteiger partial charge in [-0.25, -0.2) is 0 Å². The van der Waals surface area contributed by atoms with Gasteiger partial charge in [0.15, 0.2) is 0 Å². The molecule has 4 nitrogen and oxygen atoms in total. The first-order valence-electron chi connectivity index (χ1n) is 8.75. The lowest BCUT2D eigenvalue weighted by Gasteiger charge is -2.19. The number of rotatable bonds is 7. The Labute approximate surface area is 149 Å². The minimum atomic E-state index is 0.180. The van der Waals surface area contributed by atoms with Crippen LogP contribution in [-0.2, 0) is 13.1 Å². The fourth-order valence-corrected chi connectivity index (χ4v) is 3.14. The van der Waals surface area contributed by atoms with Crippen molar-refractivity contribution in [3.05, 3.63) is 77.0 Å². The zero-order valence-electron chi connectivity index (χ0n) is 14.9. The second-order valence-electron chi connectivity index (χ2n) is 6.63. The molecule has 4 heteroatoms. The lowest BCUT2D eigenvalue weighted by Crippen LogP contribution is -3.09. The van der Waals surface area contributed by atoms with Gasteiger partial charge in [-0.2, -0.15) is 5.10 Å². The van der Waals surface area contributed by atoms with Crippen LogP contribution in [0, 0.1) is 13.8 Å². The van der Waals surface area contributed by atoms with Crippen LogP contribution < -0.4 is 4.90 Å². The highest BCUT2D eigenvalue weighted by atomic mass is 16.3. The number of benzene rings is 2. The number of hydrogen-bond acceptors (Lipinski definition) is 2. The summed E-state index contributed by atoms with van der Waals surface area (Å²) in [6.45, 7) is 6.87. The predicted molar refractivity (Wildman–Crippen MR) is 100 cm³/mol. The van der Waals surface area contributed by atoms with E-state index in [1.54, 1.807) is 0 Å². The summed E-state index contributed by atoms with van der Waals surface area (Å²) in [4.78, 5) is 1.32. The van der Waals surface area contributed by atoms with E-state index < -0.39 is 0 Å². The van der Waals surface area contributed by atoms with Crippen LogP contribution in [0.5, 0.6) is 0 Å². The Hall–Kier alpha value is -2.43. The van der Waals surface area contributed by atoms with Crippen LogP contribution in [0.1, 0.15) is 22.3 Å². The number of aliphatic hydroxyl groups excluding tert-OH is 1. The van der Waals surface area contributed by atoms with Gasteiger partial charge >= 0.3 is 0 Å². The summed E-state index contributed by atoms with van der Waals surface area (Å²) >= 11 is 0. The van der Waals surface area contributed by atoms with Crippen LogP contribution >= 0.6 is 0 Å². The quantitative estimate of drug-likeness (QED) is 0.620. The summed E-state index contributed by atoms with van der Waals surface area (Å²) < 4.78 is 0. The molecule has 0 aliphatic carbocycles. The molecular weight excluding hydrogens is 310 g/mol.